The zero-order valence-electron chi connectivity index (χ0n) is 17.6. The van der Waals surface area contributed by atoms with E-state index in [4.69, 9.17) is 4.99 Å². The Balaban J connectivity index is 0.00000392. The highest BCUT2D eigenvalue weighted by Crippen LogP contribution is 2.21. The Kier molecular flexibility index (Phi) is 11.9. The maximum Gasteiger partial charge on any atom is 0.253 e. The molecular formula is C21H35IN4OS. The average molecular weight is 519 g/mol. The highest BCUT2D eigenvalue weighted by molar-refractivity contribution is 14.0. The molecule has 1 aliphatic heterocycles. The van der Waals surface area contributed by atoms with Crippen LogP contribution in [0.1, 0.15) is 50.0 Å². The fourth-order valence-electron chi connectivity index (χ4n) is 3.20. The van der Waals surface area contributed by atoms with Crippen LogP contribution in [0.2, 0.25) is 0 Å². The molecule has 1 N–H and O–H groups in total. The van der Waals surface area contributed by atoms with Crippen molar-refractivity contribution in [3.63, 3.8) is 0 Å². The van der Waals surface area contributed by atoms with Gasteiger partial charge in [0.1, 0.15) is 0 Å². The molecule has 1 amide bonds. The third kappa shape index (κ3) is 7.13. The van der Waals surface area contributed by atoms with E-state index in [2.05, 4.69) is 35.8 Å². The molecule has 5 nitrogen and oxygen atoms in total. The van der Waals surface area contributed by atoms with Crippen LogP contribution in [0.3, 0.4) is 0 Å². The van der Waals surface area contributed by atoms with Crippen molar-refractivity contribution in [3.05, 3.63) is 35.4 Å². The number of nitrogens with zero attached hydrogens (tertiary/aromatic N) is 3. The van der Waals surface area contributed by atoms with E-state index in [9.17, 15) is 4.79 Å². The molecule has 7 heteroatoms. The number of aliphatic imine (C=N–C) groups is 1. The summed E-state index contributed by atoms with van der Waals surface area (Å²) in [6.45, 7) is 13.5. The van der Waals surface area contributed by atoms with E-state index in [1.165, 1.54) is 6.42 Å². The zero-order valence-corrected chi connectivity index (χ0v) is 20.8. The van der Waals surface area contributed by atoms with Crippen LogP contribution in [0.15, 0.2) is 29.3 Å². The summed E-state index contributed by atoms with van der Waals surface area (Å²) in [5.74, 6) is 2.25. The Bertz CT molecular complexity index is 619. The van der Waals surface area contributed by atoms with Crippen LogP contribution < -0.4 is 5.32 Å². The summed E-state index contributed by atoms with van der Waals surface area (Å²) in [4.78, 5) is 21.5. The van der Waals surface area contributed by atoms with Gasteiger partial charge in [-0.05, 0) is 44.9 Å². The van der Waals surface area contributed by atoms with Gasteiger partial charge in [-0.1, -0.05) is 19.1 Å². The fraction of sp³-hybridized carbons (Fsp3) is 0.619. The van der Waals surface area contributed by atoms with E-state index in [0.717, 1.165) is 55.6 Å². The topological polar surface area (TPSA) is 47.9 Å². The van der Waals surface area contributed by atoms with Gasteiger partial charge in [0.2, 0.25) is 0 Å². The molecule has 1 fully saturated rings. The standard InChI is InChI=1S/C21H34N4OS.HI/c1-5-19-16-25(13-14-27-19)21(22-6-2)23-15-17-9-11-18(12-10-17)20(26)24(7-3)8-4;/h9-12,19H,5-8,13-16H2,1-4H3,(H,22,23);1H. The molecule has 1 aromatic rings. The number of rotatable bonds is 7. The minimum absolute atomic E-state index is 0. The molecule has 0 saturated carbocycles. The van der Waals surface area contributed by atoms with Crippen molar-refractivity contribution < 1.29 is 4.79 Å². The summed E-state index contributed by atoms with van der Waals surface area (Å²) in [5, 5.41) is 4.12. The SMILES string of the molecule is CCNC(=NCc1ccc(C(=O)N(CC)CC)cc1)N1CCSC(CC)C1.I. The number of thioether (sulfide) groups is 1. The number of carbonyl (C=O) groups is 1. The molecule has 0 spiro atoms. The van der Waals surface area contributed by atoms with Crippen LogP contribution in [0, 0.1) is 0 Å². The van der Waals surface area contributed by atoms with Crippen molar-refractivity contribution in [2.45, 2.75) is 45.9 Å². The van der Waals surface area contributed by atoms with Crippen LogP contribution in [-0.2, 0) is 6.54 Å². The van der Waals surface area contributed by atoms with Gasteiger partial charge in [0.05, 0.1) is 6.54 Å². The van der Waals surface area contributed by atoms with E-state index in [1.807, 2.05) is 43.0 Å². The third-order valence-electron chi connectivity index (χ3n) is 4.89. The largest absolute Gasteiger partial charge is 0.357 e. The molecule has 2 rings (SSSR count). The van der Waals surface area contributed by atoms with Crippen LogP contribution >= 0.6 is 35.7 Å². The Morgan fingerprint density at radius 3 is 2.46 bits per heavy atom. The van der Waals surface area contributed by atoms with Gasteiger partial charge in [-0.3, -0.25) is 4.79 Å². The van der Waals surface area contributed by atoms with Gasteiger partial charge in [0.25, 0.3) is 5.91 Å². The molecule has 1 heterocycles. The van der Waals surface area contributed by atoms with Gasteiger partial charge < -0.3 is 15.1 Å². The number of guanidine groups is 1. The minimum Gasteiger partial charge on any atom is -0.357 e. The first kappa shape index (κ1) is 25.1. The van der Waals surface area contributed by atoms with Crippen molar-refractivity contribution in [1.82, 2.24) is 15.1 Å². The second-order valence-electron chi connectivity index (χ2n) is 6.69. The smallest absolute Gasteiger partial charge is 0.253 e. The monoisotopic (exact) mass is 518 g/mol. The summed E-state index contributed by atoms with van der Waals surface area (Å²) in [7, 11) is 0. The molecule has 1 unspecified atom stereocenters. The summed E-state index contributed by atoms with van der Waals surface area (Å²) in [5.41, 5.74) is 1.87. The number of carbonyl (C=O) groups excluding carboxylic acids is 1. The number of amides is 1. The normalized spacial score (nSPS) is 17.1. The first-order valence-electron chi connectivity index (χ1n) is 10.2. The first-order valence-corrected chi connectivity index (χ1v) is 11.2. The summed E-state index contributed by atoms with van der Waals surface area (Å²) >= 11 is 2.07. The predicted molar refractivity (Wildman–Crippen MR) is 132 cm³/mol. The lowest BCUT2D eigenvalue weighted by Crippen LogP contribution is -2.48. The highest BCUT2D eigenvalue weighted by Gasteiger charge is 2.21. The van der Waals surface area contributed by atoms with Gasteiger partial charge in [0.15, 0.2) is 5.96 Å². The van der Waals surface area contributed by atoms with Crippen molar-refractivity contribution in [2.24, 2.45) is 4.99 Å². The fourth-order valence-corrected chi connectivity index (χ4v) is 4.38. The first-order chi connectivity index (χ1) is 13.1. The molecule has 0 bridgehead atoms. The van der Waals surface area contributed by atoms with Gasteiger partial charge in [-0.25, -0.2) is 4.99 Å². The van der Waals surface area contributed by atoms with E-state index < -0.39 is 0 Å². The molecule has 0 radical (unpaired) electrons. The van der Waals surface area contributed by atoms with Gasteiger partial charge in [0, 0.05) is 49.3 Å². The summed E-state index contributed by atoms with van der Waals surface area (Å²) < 4.78 is 0. The molecule has 158 valence electrons. The lowest BCUT2D eigenvalue weighted by atomic mass is 10.1. The number of nitrogens with one attached hydrogen (secondary N) is 1. The number of hydrogen-bond acceptors (Lipinski definition) is 3. The summed E-state index contributed by atoms with van der Waals surface area (Å²) in [6.07, 6.45) is 1.20. The average Bonchev–Trinajstić information content (AvgIpc) is 2.72. The molecule has 0 aliphatic carbocycles. The molecule has 1 aliphatic rings. The van der Waals surface area contributed by atoms with Crippen LogP contribution in [-0.4, -0.2) is 65.4 Å². The quantitative estimate of drug-likeness (QED) is 0.336. The second kappa shape index (κ2) is 13.3. The van der Waals surface area contributed by atoms with Crippen LogP contribution in [0.4, 0.5) is 0 Å². The number of halogens is 1. The zero-order chi connectivity index (χ0) is 19.6. The van der Waals surface area contributed by atoms with Gasteiger partial charge >= 0.3 is 0 Å². The number of hydrogen-bond donors (Lipinski definition) is 1. The van der Waals surface area contributed by atoms with E-state index >= 15 is 0 Å². The van der Waals surface area contributed by atoms with Crippen molar-refractivity contribution in [2.75, 3.05) is 38.5 Å². The Hall–Kier alpha value is -0.960. The molecule has 0 aromatic heterocycles. The van der Waals surface area contributed by atoms with E-state index in [1.54, 1.807) is 0 Å². The van der Waals surface area contributed by atoms with Gasteiger partial charge in [-0.2, -0.15) is 11.8 Å². The van der Waals surface area contributed by atoms with Gasteiger partial charge in [-0.15, -0.1) is 24.0 Å². The van der Waals surface area contributed by atoms with Crippen LogP contribution in [0.5, 0.6) is 0 Å². The maximum absolute atomic E-state index is 12.4. The molecule has 1 saturated heterocycles. The van der Waals surface area contributed by atoms with Crippen molar-refractivity contribution >= 4 is 47.6 Å². The minimum atomic E-state index is 0. The van der Waals surface area contributed by atoms with Crippen molar-refractivity contribution in [3.8, 4) is 0 Å². The maximum atomic E-state index is 12.4. The lowest BCUT2D eigenvalue weighted by Gasteiger charge is -2.34. The Morgan fingerprint density at radius 2 is 1.89 bits per heavy atom. The lowest BCUT2D eigenvalue weighted by molar-refractivity contribution is 0.0773. The van der Waals surface area contributed by atoms with Crippen molar-refractivity contribution in [1.29, 1.82) is 0 Å². The molecule has 1 aromatic carbocycles. The summed E-state index contributed by atoms with van der Waals surface area (Å²) in [6, 6.07) is 7.88. The Labute approximate surface area is 191 Å². The second-order valence-corrected chi connectivity index (χ2v) is 8.10. The molecule has 1 atom stereocenters. The third-order valence-corrected chi connectivity index (χ3v) is 6.26. The molecular weight excluding hydrogens is 483 g/mol. The molecule has 28 heavy (non-hydrogen) atoms. The van der Waals surface area contributed by atoms with E-state index in [0.29, 0.717) is 11.8 Å². The van der Waals surface area contributed by atoms with Crippen LogP contribution in [0.25, 0.3) is 0 Å². The van der Waals surface area contributed by atoms with E-state index in [-0.39, 0.29) is 29.9 Å². The Morgan fingerprint density at radius 1 is 1.21 bits per heavy atom. The predicted octanol–water partition coefficient (Wildman–Crippen LogP) is 4.08. The number of benzene rings is 1. The highest BCUT2D eigenvalue weighted by atomic mass is 127.